The number of aromatic nitrogens is 2. The number of hydrogen-bond donors (Lipinski definition) is 2. The third-order valence-electron chi connectivity index (χ3n) is 4.01. The predicted octanol–water partition coefficient (Wildman–Crippen LogP) is 2.18. The summed E-state index contributed by atoms with van der Waals surface area (Å²) in [6.45, 7) is 6.08. The second-order valence-electron chi connectivity index (χ2n) is 5.45. The van der Waals surface area contributed by atoms with Crippen molar-refractivity contribution >= 4 is 24.0 Å². The average Bonchev–Trinajstić information content (AvgIpc) is 2.64. The van der Waals surface area contributed by atoms with Crippen LogP contribution in [0.4, 0.5) is 5.69 Å². The lowest BCUT2D eigenvalue weighted by Gasteiger charge is -2.22. The Morgan fingerprint density at radius 3 is 2.60 bits per heavy atom. The second kappa shape index (κ2) is 7.64. The van der Waals surface area contributed by atoms with E-state index in [1.54, 1.807) is 4.68 Å². The molecule has 0 aliphatic carbocycles. The summed E-state index contributed by atoms with van der Waals surface area (Å²) in [4.78, 5) is 12.0. The zero-order valence-corrected chi connectivity index (χ0v) is 13.3. The number of anilines is 1. The molecule has 1 aliphatic rings. The number of amides is 1. The van der Waals surface area contributed by atoms with E-state index >= 15 is 0 Å². The molecule has 114 valence electrons. The number of aryl methyl sites for hydroxylation is 2. The first-order valence-electron chi connectivity index (χ1n) is 7.08. The van der Waals surface area contributed by atoms with Gasteiger partial charge in [-0.3, -0.25) is 9.48 Å². The van der Waals surface area contributed by atoms with Gasteiger partial charge in [-0.15, -0.1) is 12.4 Å². The predicted molar refractivity (Wildman–Crippen MR) is 83.4 cm³/mol. The molecule has 0 atom stereocenters. The van der Waals surface area contributed by atoms with Crippen LogP contribution in [0.5, 0.6) is 0 Å². The van der Waals surface area contributed by atoms with Gasteiger partial charge in [0.25, 0.3) is 0 Å². The number of hydrogen-bond acceptors (Lipinski definition) is 3. The van der Waals surface area contributed by atoms with E-state index in [0.717, 1.165) is 36.6 Å². The second-order valence-corrected chi connectivity index (χ2v) is 5.45. The van der Waals surface area contributed by atoms with Crippen molar-refractivity contribution in [1.29, 1.82) is 0 Å². The van der Waals surface area contributed by atoms with E-state index in [2.05, 4.69) is 15.7 Å². The first-order chi connectivity index (χ1) is 9.08. The highest BCUT2D eigenvalue weighted by Gasteiger charge is 2.16. The lowest BCUT2D eigenvalue weighted by molar-refractivity contribution is -0.116. The van der Waals surface area contributed by atoms with Crippen LogP contribution in [0.3, 0.4) is 0 Å². The molecule has 2 N–H and O–H groups in total. The third kappa shape index (κ3) is 4.21. The molecule has 0 aromatic carbocycles. The highest BCUT2D eigenvalue weighted by Crippen LogP contribution is 2.21. The van der Waals surface area contributed by atoms with Crippen LogP contribution < -0.4 is 10.6 Å². The van der Waals surface area contributed by atoms with Crippen LogP contribution in [0.2, 0.25) is 0 Å². The molecule has 20 heavy (non-hydrogen) atoms. The normalized spacial score (nSPS) is 15.8. The summed E-state index contributed by atoms with van der Waals surface area (Å²) >= 11 is 0. The van der Waals surface area contributed by atoms with E-state index in [9.17, 15) is 4.79 Å². The van der Waals surface area contributed by atoms with Gasteiger partial charge in [-0.05, 0) is 52.1 Å². The largest absolute Gasteiger partial charge is 0.323 e. The van der Waals surface area contributed by atoms with E-state index in [1.165, 1.54) is 12.8 Å². The van der Waals surface area contributed by atoms with Gasteiger partial charge in [-0.2, -0.15) is 5.10 Å². The smallest absolute Gasteiger partial charge is 0.224 e. The SMILES string of the molecule is Cc1nn(C)c(C)c1NC(=O)CCC1CCNCC1.Cl. The minimum atomic E-state index is 0. The first kappa shape index (κ1) is 17.0. The standard InChI is InChI=1S/C14H24N4O.ClH/c1-10-14(11(2)18(3)17-10)16-13(19)5-4-12-6-8-15-9-7-12;/h12,15H,4-9H2,1-3H3,(H,16,19);1H. The summed E-state index contributed by atoms with van der Waals surface area (Å²) < 4.78 is 1.80. The Morgan fingerprint density at radius 1 is 1.40 bits per heavy atom. The van der Waals surface area contributed by atoms with Crippen molar-refractivity contribution in [3.05, 3.63) is 11.4 Å². The molecule has 0 bridgehead atoms. The van der Waals surface area contributed by atoms with E-state index in [4.69, 9.17) is 0 Å². The van der Waals surface area contributed by atoms with Crippen molar-refractivity contribution in [3.63, 3.8) is 0 Å². The molecule has 1 aromatic heterocycles. The lowest BCUT2D eigenvalue weighted by atomic mass is 9.93. The topological polar surface area (TPSA) is 59.0 Å². The molecule has 1 saturated heterocycles. The molecule has 0 spiro atoms. The van der Waals surface area contributed by atoms with Crippen molar-refractivity contribution in [2.24, 2.45) is 13.0 Å². The molecule has 2 heterocycles. The highest BCUT2D eigenvalue weighted by molar-refractivity contribution is 5.91. The van der Waals surface area contributed by atoms with Gasteiger partial charge in [0.05, 0.1) is 17.1 Å². The Kier molecular flexibility index (Phi) is 6.49. The maximum atomic E-state index is 12.0. The molecule has 1 amide bonds. The maximum absolute atomic E-state index is 12.0. The van der Waals surface area contributed by atoms with Gasteiger partial charge in [0.1, 0.15) is 0 Å². The zero-order valence-electron chi connectivity index (χ0n) is 12.5. The number of nitrogens with one attached hydrogen (secondary N) is 2. The summed E-state index contributed by atoms with van der Waals surface area (Å²) in [5, 5.41) is 10.7. The Labute approximate surface area is 126 Å². The van der Waals surface area contributed by atoms with Gasteiger partial charge in [0.2, 0.25) is 5.91 Å². The summed E-state index contributed by atoms with van der Waals surface area (Å²) in [5.41, 5.74) is 2.76. The fourth-order valence-corrected chi connectivity index (χ4v) is 2.66. The number of rotatable bonds is 4. The third-order valence-corrected chi connectivity index (χ3v) is 4.01. The summed E-state index contributed by atoms with van der Waals surface area (Å²) in [6, 6.07) is 0. The molecule has 1 fully saturated rings. The molecule has 1 aliphatic heterocycles. The van der Waals surface area contributed by atoms with Crippen LogP contribution in [-0.4, -0.2) is 28.8 Å². The quantitative estimate of drug-likeness (QED) is 0.896. The van der Waals surface area contributed by atoms with Gasteiger partial charge < -0.3 is 10.6 Å². The van der Waals surface area contributed by atoms with Gasteiger partial charge in [-0.25, -0.2) is 0 Å². The number of carbonyl (C=O) groups is 1. The first-order valence-corrected chi connectivity index (χ1v) is 7.08. The van der Waals surface area contributed by atoms with Crippen LogP contribution >= 0.6 is 12.4 Å². The molecule has 0 unspecified atom stereocenters. The van der Waals surface area contributed by atoms with E-state index in [1.807, 2.05) is 20.9 Å². The average molecular weight is 301 g/mol. The van der Waals surface area contributed by atoms with Crippen molar-refractivity contribution < 1.29 is 4.79 Å². The lowest BCUT2D eigenvalue weighted by Crippen LogP contribution is -2.28. The molecule has 0 saturated carbocycles. The van der Waals surface area contributed by atoms with Crippen LogP contribution in [0.25, 0.3) is 0 Å². The van der Waals surface area contributed by atoms with Crippen LogP contribution in [0, 0.1) is 19.8 Å². The summed E-state index contributed by atoms with van der Waals surface area (Å²) in [5.74, 6) is 0.806. The fraction of sp³-hybridized carbons (Fsp3) is 0.714. The van der Waals surface area contributed by atoms with Crippen LogP contribution in [0.1, 0.15) is 37.1 Å². The zero-order chi connectivity index (χ0) is 13.8. The van der Waals surface area contributed by atoms with E-state index in [0.29, 0.717) is 12.3 Å². The molecule has 0 radical (unpaired) electrons. The fourth-order valence-electron chi connectivity index (χ4n) is 2.66. The van der Waals surface area contributed by atoms with E-state index < -0.39 is 0 Å². The summed E-state index contributed by atoms with van der Waals surface area (Å²) in [6.07, 6.45) is 3.99. The Balaban J connectivity index is 0.00000200. The summed E-state index contributed by atoms with van der Waals surface area (Å²) in [7, 11) is 1.90. The van der Waals surface area contributed by atoms with Crippen LogP contribution in [-0.2, 0) is 11.8 Å². The van der Waals surface area contributed by atoms with E-state index in [-0.39, 0.29) is 18.3 Å². The van der Waals surface area contributed by atoms with Crippen molar-refractivity contribution in [1.82, 2.24) is 15.1 Å². The Bertz CT molecular complexity index is 452. The molecule has 5 nitrogen and oxygen atoms in total. The van der Waals surface area contributed by atoms with Gasteiger partial charge >= 0.3 is 0 Å². The van der Waals surface area contributed by atoms with Crippen molar-refractivity contribution in [2.45, 2.75) is 39.5 Å². The number of carbonyl (C=O) groups excluding carboxylic acids is 1. The van der Waals surface area contributed by atoms with Crippen LogP contribution in [0.15, 0.2) is 0 Å². The van der Waals surface area contributed by atoms with Gasteiger partial charge in [-0.1, -0.05) is 0 Å². The highest BCUT2D eigenvalue weighted by atomic mass is 35.5. The minimum Gasteiger partial charge on any atom is -0.323 e. The molecular formula is C14H25ClN4O. The van der Waals surface area contributed by atoms with Gasteiger partial charge in [0, 0.05) is 13.5 Å². The molecule has 2 rings (SSSR count). The monoisotopic (exact) mass is 300 g/mol. The molecule has 6 heteroatoms. The number of piperidine rings is 1. The minimum absolute atomic E-state index is 0. The Hall–Kier alpha value is -1.07. The Morgan fingerprint density at radius 2 is 2.05 bits per heavy atom. The van der Waals surface area contributed by atoms with Crippen molar-refractivity contribution in [2.75, 3.05) is 18.4 Å². The number of nitrogens with zero attached hydrogens (tertiary/aromatic N) is 2. The molecular weight excluding hydrogens is 276 g/mol. The molecule has 1 aromatic rings. The van der Waals surface area contributed by atoms with Crippen molar-refractivity contribution in [3.8, 4) is 0 Å². The van der Waals surface area contributed by atoms with Gasteiger partial charge in [0.15, 0.2) is 0 Å². The maximum Gasteiger partial charge on any atom is 0.224 e. The number of halogens is 1.